The van der Waals surface area contributed by atoms with Gasteiger partial charge in [0, 0.05) is 20.0 Å². The molecule has 0 N–H and O–H groups in total. The number of nitrogens with zero attached hydrogens (tertiary/aromatic N) is 3. The number of benzene rings is 1. The van der Waals surface area contributed by atoms with Crippen molar-refractivity contribution in [3.05, 3.63) is 35.9 Å². The van der Waals surface area contributed by atoms with Crippen molar-refractivity contribution in [1.82, 2.24) is 14.1 Å². The minimum Gasteiger partial charge on any atom is -0.496 e. The molecule has 1 unspecified atom stereocenters. The molecule has 0 amide bonds. The summed E-state index contributed by atoms with van der Waals surface area (Å²) in [4.78, 5) is 0. The fourth-order valence-electron chi connectivity index (χ4n) is 5.51. The lowest BCUT2D eigenvalue weighted by atomic mass is 10.0. The minimum absolute atomic E-state index is 0.437. The van der Waals surface area contributed by atoms with Gasteiger partial charge in [0.2, 0.25) is 5.69 Å². The van der Waals surface area contributed by atoms with Crippen LogP contribution < -0.4 is 18.7 Å². The second kappa shape index (κ2) is 10.8. The van der Waals surface area contributed by atoms with Crippen LogP contribution in [0.3, 0.4) is 0 Å². The van der Waals surface area contributed by atoms with E-state index in [2.05, 4.69) is 26.1 Å². The molecule has 35 heavy (non-hydrogen) atoms. The molecule has 8 heteroatoms. The second-order valence-corrected chi connectivity index (χ2v) is 9.21. The fraction of sp³-hybridized carbons (Fsp3) is 0.519. The normalized spacial score (nSPS) is 16.3. The summed E-state index contributed by atoms with van der Waals surface area (Å²) in [5.74, 6) is 2.05. The predicted octanol–water partition coefficient (Wildman–Crippen LogP) is 4.70. The average molecular weight is 485 g/mol. The molecule has 190 valence electrons. The molecule has 1 aromatic carbocycles. The molecule has 4 rings (SSSR count). The number of methoxy groups -OCH3 is 4. The minimum atomic E-state index is 0.437. The SMILES string of the molecule is CCC[N+](C)(c1c(OC)nn2c(-c3c(OC)cc(COC)cc3OC)cccc12)C1CCOCC1. The van der Waals surface area contributed by atoms with E-state index in [0.29, 0.717) is 30.0 Å². The molecule has 1 saturated heterocycles. The summed E-state index contributed by atoms with van der Waals surface area (Å²) in [6.07, 6.45) is 3.08. The molecular formula is C27H38N3O5+. The Morgan fingerprint density at radius 2 is 1.71 bits per heavy atom. The monoisotopic (exact) mass is 484 g/mol. The number of hydrogen-bond acceptors (Lipinski definition) is 6. The van der Waals surface area contributed by atoms with Crippen LogP contribution in [0.5, 0.6) is 17.4 Å². The third kappa shape index (κ3) is 4.58. The number of ether oxygens (including phenoxy) is 5. The van der Waals surface area contributed by atoms with Crippen LogP contribution in [0.1, 0.15) is 31.7 Å². The Morgan fingerprint density at radius 1 is 1.03 bits per heavy atom. The van der Waals surface area contributed by atoms with Gasteiger partial charge in [0.15, 0.2) is 0 Å². The van der Waals surface area contributed by atoms with Crippen LogP contribution >= 0.6 is 0 Å². The summed E-state index contributed by atoms with van der Waals surface area (Å²) in [5.41, 5.74) is 4.82. The maximum Gasteiger partial charge on any atom is 0.296 e. The van der Waals surface area contributed by atoms with Crippen LogP contribution in [-0.4, -0.2) is 70.9 Å². The van der Waals surface area contributed by atoms with Crippen LogP contribution in [0.4, 0.5) is 5.69 Å². The van der Waals surface area contributed by atoms with E-state index in [1.807, 2.05) is 22.7 Å². The standard InChI is InChI=1S/C27H38N3O5/c1-7-13-30(2,20-11-14-35-15-12-20)26-22-10-8-9-21(29(22)28-27(26)34-6)25-23(32-4)16-19(18-31-3)17-24(25)33-5/h8-10,16-17,20H,7,11-15,18H2,1-6H3/q+1. The van der Waals surface area contributed by atoms with E-state index in [4.69, 9.17) is 28.8 Å². The van der Waals surface area contributed by atoms with Gasteiger partial charge in [-0.3, -0.25) is 4.48 Å². The van der Waals surface area contributed by atoms with Gasteiger partial charge < -0.3 is 23.7 Å². The lowest BCUT2D eigenvalue weighted by Crippen LogP contribution is -2.56. The van der Waals surface area contributed by atoms with Gasteiger partial charge in [-0.15, -0.1) is 5.10 Å². The summed E-state index contributed by atoms with van der Waals surface area (Å²) < 4.78 is 31.3. The molecule has 1 atom stereocenters. The molecule has 0 saturated carbocycles. The lowest BCUT2D eigenvalue weighted by Gasteiger charge is -2.42. The van der Waals surface area contributed by atoms with Crippen molar-refractivity contribution in [2.75, 3.05) is 55.2 Å². The maximum absolute atomic E-state index is 5.91. The Labute approximate surface area is 207 Å². The summed E-state index contributed by atoms with van der Waals surface area (Å²) in [5, 5.41) is 4.97. The van der Waals surface area contributed by atoms with Gasteiger partial charge in [-0.1, -0.05) is 13.0 Å². The highest BCUT2D eigenvalue weighted by atomic mass is 16.5. The predicted molar refractivity (Wildman–Crippen MR) is 138 cm³/mol. The van der Waals surface area contributed by atoms with Crippen molar-refractivity contribution in [3.63, 3.8) is 0 Å². The molecule has 1 aliphatic heterocycles. The first kappa shape index (κ1) is 25.3. The lowest BCUT2D eigenvalue weighted by molar-refractivity contribution is 0.0445. The van der Waals surface area contributed by atoms with E-state index < -0.39 is 0 Å². The van der Waals surface area contributed by atoms with Crippen LogP contribution in [0.2, 0.25) is 0 Å². The molecule has 0 aliphatic carbocycles. The molecule has 3 aromatic rings. The quantitative estimate of drug-likeness (QED) is 0.389. The van der Waals surface area contributed by atoms with Gasteiger partial charge in [0.25, 0.3) is 5.88 Å². The van der Waals surface area contributed by atoms with Gasteiger partial charge in [-0.05, 0) is 36.2 Å². The third-order valence-corrected chi connectivity index (χ3v) is 7.12. The highest BCUT2D eigenvalue weighted by molar-refractivity contribution is 5.83. The molecule has 0 radical (unpaired) electrons. The molecule has 1 aliphatic rings. The van der Waals surface area contributed by atoms with Crippen molar-refractivity contribution < 1.29 is 23.7 Å². The maximum atomic E-state index is 5.91. The van der Waals surface area contributed by atoms with Crippen molar-refractivity contribution >= 4 is 11.2 Å². The zero-order valence-electron chi connectivity index (χ0n) is 21.8. The Bertz CT molecular complexity index is 1130. The third-order valence-electron chi connectivity index (χ3n) is 7.12. The Balaban J connectivity index is 1.96. The molecule has 3 heterocycles. The summed E-state index contributed by atoms with van der Waals surface area (Å²) in [7, 11) is 9.03. The van der Waals surface area contributed by atoms with E-state index >= 15 is 0 Å². The zero-order valence-corrected chi connectivity index (χ0v) is 21.8. The van der Waals surface area contributed by atoms with E-state index in [1.54, 1.807) is 28.4 Å². The number of pyridine rings is 1. The largest absolute Gasteiger partial charge is 0.496 e. The molecular weight excluding hydrogens is 446 g/mol. The highest BCUT2D eigenvalue weighted by Crippen LogP contribution is 2.45. The first-order chi connectivity index (χ1) is 17.0. The summed E-state index contributed by atoms with van der Waals surface area (Å²) in [6, 6.07) is 10.6. The number of fused-ring (bicyclic) bond motifs is 1. The van der Waals surface area contributed by atoms with Crippen molar-refractivity contribution in [2.24, 2.45) is 0 Å². The van der Waals surface area contributed by atoms with Crippen molar-refractivity contribution in [2.45, 2.75) is 38.8 Å². The van der Waals surface area contributed by atoms with E-state index in [9.17, 15) is 0 Å². The first-order valence-electron chi connectivity index (χ1n) is 12.3. The highest BCUT2D eigenvalue weighted by Gasteiger charge is 2.41. The van der Waals surface area contributed by atoms with Crippen LogP contribution in [0, 0.1) is 0 Å². The molecule has 8 nitrogen and oxygen atoms in total. The van der Waals surface area contributed by atoms with Crippen LogP contribution in [0.15, 0.2) is 30.3 Å². The topological polar surface area (TPSA) is 63.5 Å². The van der Waals surface area contributed by atoms with Gasteiger partial charge in [-0.25, -0.2) is 4.52 Å². The van der Waals surface area contributed by atoms with Gasteiger partial charge >= 0.3 is 0 Å². The number of aromatic nitrogens is 2. The van der Waals surface area contributed by atoms with Crippen LogP contribution in [0.25, 0.3) is 16.8 Å². The van der Waals surface area contributed by atoms with Crippen LogP contribution in [-0.2, 0) is 16.1 Å². The summed E-state index contributed by atoms with van der Waals surface area (Å²) >= 11 is 0. The smallest absolute Gasteiger partial charge is 0.296 e. The van der Waals surface area contributed by atoms with Gasteiger partial charge in [-0.2, -0.15) is 0 Å². The molecule has 2 aromatic heterocycles. The number of hydrogen-bond donors (Lipinski definition) is 0. The molecule has 1 fully saturated rings. The Kier molecular flexibility index (Phi) is 7.84. The molecule has 0 spiro atoms. The van der Waals surface area contributed by atoms with E-state index in [-0.39, 0.29) is 0 Å². The Hall–Kier alpha value is -2.81. The fourth-order valence-corrected chi connectivity index (χ4v) is 5.51. The van der Waals surface area contributed by atoms with E-state index in [1.165, 1.54) is 0 Å². The van der Waals surface area contributed by atoms with Crippen molar-refractivity contribution in [1.29, 1.82) is 0 Å². The van der Waals surface area contributed by atoms with Gasteiger partial charge in [0.1, 0.15) is 17.0 Å². The van der Waals surface area contributed by atoms with Crippen molar-refractivity contribution in [3.8, 4) is 28.6 Å². The zero-order chi connectivity index (χ0) is 25.0. The number of quaternary nitrogens is 1. The van der Waals surface area contributed by atoms with Gasteiger partial charge in [0.05, 0.1) is 72.0 Å². The Morgan fingerprint density at radius 3 is 2.29 bits per heavy atom. The first-order valence-corrected chi connectivity index (χ1v) is 12.3. The second-order valence-electron chi connectivity index (χ2n) is 9.21. The summed E-state index contributed by atoms with van der Waals surface area (Å²) in [6.45, 7) is 5.27. The number of rotatable bonds is 10. The average Bonchev–Trinajstić information content (AvgIpc) is 3.28. The van der Waals surface area contributed by atoms with E-state index in [0.717, 1.165) is 71.5 Å². The molecule has 0 bridgehead atoms.